The molecule has 0 aliphatic carbocycles. The minimum absolute atomic E-state index is 0.0162. The molecule has 1 aromatic rings. The highest BCUT2D eigenvalue weighted by atomic mass is 16.5. The molecule has 0 atom stereocenters. The van der Waals surface area contributed by atoms with Crippen LogP contribution in [0.15, 0.2) is 10.8 Å². The van der Waals surface area contributed by atoms with E-state index in [4.69, 9.17) is 5.73 Å². The van der Waals surface area contributed by atoms with Crippen molar-refractivity contribution in [3.63, 3.8) is 0 Å². The smallest absolute Gasteiger partial charge is 0.274 e. The molecule has 0 fully saturated rings. The Morgan fingerprint density at radius 3 is 3.00 bits per heavy atom. The monoisotopic (exact) mass is 142 g/mol. The Morgan fingerprint density at radius 1 is 1.90 bits per heavy atom. The number of methoxy groups -OCH3 is 1. The summed E-state index contributed by atoms with van der Waals surface area (Å²) in [5.74, 6) is -0.405. The molecule has 0 unspecified atom stereocenters. The summed E-state index contributed by atoms with van der Waals surface area (Å²) in [7, 11) is 1.40. The molecule has 10 heavy (non-hydrogen) atoms. The van der Waals surface area contributed by atoms with Crippen molar-refractivity contribution in [1.29, 1.82) is 0 Å². The minimum Gasteiger partial charge on any atom is -0.491 e. The van der Waals surface area contributed by atoms with Crippen LogP contribution in [0.25, 0.3) is 0 Å². The zero-order valence-corrected chi connectivity index (χ0v) is 5.33. The van der Waals surface area contributed by atoms with Crippen molar-refractivity contribution in [2.45, 2.75) is 0 Å². The van der Waals surface area contributed by atoms with Gasteiger partial charge in [0, 0.05) is 0 Å². The molecule has 1 rings (SSSR count). The Hall–Kier alpha value is -1.52. The fourth-order valence-electron chi connectivity index (χ4n) is 0.539. The number of primary amides is 1. The lowest BCUT2D eigenvalue weighted by Gasteiger charge is -1.91. The molecule has 0 saturated carbocycles. The van der Waals surface area contributed by atoms with Crippen LogP contribution in [0.5, 0.6) is 5.75 Å². The van der Waals surface area contributed by atoms with Crippen LogP contribution in [0.1, 0.15) is 10.5 Å². The maximum absolute atomic E-state index is 10.5. The SMILES string of the molecule is COc1conc1C(N)=O. The number of hydrogen-bond acceptors (Lipinski definition) is 4. The number of hydrogen-bond donors (Lipinski definition) is 1. The molecule has 1 aromatic heterocycles. The van der Waals surface area contributed by atoms with Crippen molar-refractivity contribution < 1.29 is 14.1 Å². The van der Waals surface area contributed by atoms with E-state index in [2.05, 4.69) is 14.4 Å². The first kappa shape index (κ1) is 6.60. The van der Waals surface area contributed by atoms with Crippen LogP contribution in [-0.2, 0) is 0 Å². The topological polar surface area (TPSA) is 78.3 Å². The van der Waals surface area contributed by atoms with Gasteiger partial charge in [-0.1, -0.05) is 5.16 Å². The fourth-order valence-corrected chi connectivity index (χ4v) is 0.539. The Balaban J connectivity index is 3.01. The summed E-state index contributed by atoms with van der Waals surface area (Å²) >= 11 is 0. The molecule has 54 valence electrons. The lowest BCUT2D eigenvalue weighted by Crippen LogP contribution is -2.12. The van der Waals surface area contributed by atoms with Crippen molar-refractivity contribution in [2.24, 2.45) is 5.73 Å². The number of carbonyl (C=O) groups excluding carboxylic acids is 1. The van der Waals surface area contributed by atoms with Crippen molar-refractivity contribution in [2.75, 3.05) is 7.11 Å². The Labute approximate surface area is 56.7 Å². The van der Waals surface area contributed by atoms with Crippen molar-refractivity contribution in [1.82, 2.24) is 5.16 Å². The third-order valence-corrected chi connectivity index (χ3v) is 0.990. The number of nitrogens with two attached hydrogens (primary N) is 1. The second-order valence-electron chi connectivity index (χ2n) is 1.60. The zero-order chi connectivity index (χ0) is 7.56. The van der Waals surface area contributed by atoms with E-state index in [1.807, 2.05) is 0 Å². The van der Waals surface area contributed by atoms with Crippen molar-refractivity contribution in [3.05, 3.63) is 12.0 Å². The third kappa shape index (κ3) is 0.928. The molecule has 0 saturated heterocycles. The highest BCUT2D eigenvalue weighted by Gasteiger charge is 2.12. The average molecular weight is 142 g/mol. The highest BCUT2D eigenvalue weighted by Crippen LogP contribution is 2.13. The molecule has 0 radical (unpaired) electrons. The minimum atomic E-state index is -0.661. The molecular formula is C5H6N2O3. The summed E-state index contributed by atoms with van der Waals surface area (Å²) in [6.07, 6.45) is 1.21. The molecule has 0 spiro atoms. The van der Waals surface area contributed by atoms with Gasteiger partial charge >= 0.3 is 0 Å². The zero-order valence-electron chi connectivity index (χ0n) is 5.33. The van der Waals surface area contributed by atoms with Gasteiger partial charge in [-0.3, -0.25) is 4.79 Å². The Kier molecular flexibility index (Phi) is 1.57. The standard InChI is InChI=1S/C5H6N2O3/c1-9-3-2-10-7-4(3)5(6)8/h2H,1H3,(H2,6,8). The molecule has 5 nitrogen and oxygen atoms in total. The summed E-state index contributed by atoms with van der Waals surface area (Å²) in [5.41, 5.74) is 4.91. The maximum Gasteiger partial charge on any atom is 0.274 e. The van der Waals surface area contributed by atoms with Gasteiger partial charge in [0.05, 0.1) is 7.11 Å². The van der Waals surface area contributed by atoms with Crippen LogP contribution >= 0.6 is 0 Å². The van der Waals surface area contributed by atoms with Gasteiger partial charge in [-0.15, -0.1) is 0 Å². The van der Waals surface area contributed by atoms with Crippen molar-refractivity contribution in [3.8, 4) is 5.75 Å². The predicted octanol–water partition coefficient (Wildman–Crippen LogP) is -0.218. The fraction of sp³-hybridized carbons (Fsp3) is 0.200. The van der Waals surface area contributed by atoms with E-state index in [9.17, 15) is 4.79 Å². The van der Waals surface area contributed by atoms with E-state index in [0.29, 0.717) is 0 Å². The van der Waals surface area contributed by atoms with E-state index in [0.717, 1.165) is 0 Å². The first-order chi connectivity index (χ1) is 4.75. The molecule has 1 amide bonds. The third-order valence-electron chi connectivity index (χ3n) is 0.990. The molecule has 0 bridgehead atoms. The van der Waals surface area contributed by atoms with Gasteiger partial charge in [0.2, 0.25) is 5.69 Å². The van der Waals surface area contributed by atoms with Gasteiger partial charge in [-0.2, -0.15) is 0 Å². The van der Waals surface area contributed by atoms with Crippen LogP contribution in [0, 0.1) is 0 Å². The van der Waals surface area contributed by atoms with Crippen LogP contribution in [0.2, 0.25) is 0 Å². The number of aromatic nitrogens is 1. The first-order valence-corrected chi connectivity index (χ1v) is 2.54. The summed E-state index contributed by atoms with van der Waals surface area (Å²) in [6.45, 7) is 0. The van der Waals surface area contributed by atoms with Gasteiger partial charge in [-0.25, -0.2) is 0 Å². The Bertz CT molecular complexity index is 243. The molecule has 1 heterocycles. The van der Waals surface area contributed by atoms with Crippen molar-refractivity contribution >= 4 is 5.91 Å². The van der Waals surface area contributed by atoms with Gasteiger partial charge in [0.1, 0.15) is 0 Å². The summed E-state index contributed by atoms with van der Waals surface area (Å²) < 4.78 is 9.11. The molecule has 5 heteroatoms. The quantitative estimate of drug-likeness (QED) is 0.619. The maximum atomic E-state index is 10.5. The van der Waals surface area contributed by atoms with Gasteiger partial charge in [0.15, 0.2) is 12.0 Å². The number of nitrogens with zero attached hydrogens (tertiary/aromatic N) is 1. The molecule has 0 aliphatic heterocycles. The van der Waals surface area contributed by atoms with E-state index in [1.54, 1.807) is 0 Å². The van der Waals surface area contributed by atoms with E-state index >= 15 is 0 Å². The summed E-state index contributed by atoms with van der Waals surface area (Å²) in [6, 6.07) is 0. The number of amides is 1. The first-order valence-electron chi connectivity index (χ1n) is 2.54. The van der Waals surface area contributed by atoms with Gasteiger partial charge in [-0.05, 0) is 0 Å². The van der Waals surface area contributed by atoms with Crippen LogP contribution < -0.4 is 10.5 Å². The lowest BCUT2D eigenvalue weighted by molar-refractivity contribution is 0.0989. The molecular weight excluding hydrogens is 136 g/mol. The highest BCUT2D eigenvalue weighted by molar-refractivity contribution is 5.93. The number of rotatable bonds is 2. The number of carbonyl (C=O) groups is 1. The van der Waals surface area contributed by atoms with E-state index in [-0.39, 0.29) is 11.4 Å². The predicted molar refractivity (Wildman–Crippen MR) is 31.6 cm³/mol. The van der Waals surface area contributed by atoms with Crippen LogP contribution in [0.3, 0.4) is 0 Å². The molecule has 2 N–H and O–H groups in total. The van der Waals surface area contributed by atoms with Crippen LogP contribution in [0.4, 0.5) is 0 Å². The van der Waals surface area contributed by atoms with E-state index in [1.165, 1.54) is 13.4 Å². The number of ether oxygens (including phenoxy) is 1. The summed E-state index contributed by atoms with van der Waals surface area (Å²) in [4.78, 5) is 10.5. The summed E-state index contributed by atoms with van der Waals surface area (Å²) in [5, 5.41) is 3.31. The largest absolute Gasteiger partial charge is 0.491 e. The van der Waals surface area contributed by atoms with Gasteiger partial charge < -0.3 is 15.0 Å². The van der Waals surface area contributed by atoms with Crippen LogP contribution in [-0.4, -0.2) is 18.2 Å². The second-order valence-corrected chi connectivity index (χ2v) is 1.60. The molecule has 0 aliphatic rings. The normalized spacial score (nSPS) is 9.30. The average Bonchev–Trinajstić information content (AvgIpc) is 2.33. The Morgan fingerprint density at radius 2 is 2.60 bits per heavy atom. The van der Waals surface area contributed by atoms with E-state index < -0.39 is 5.91 Å². The van der Waals surface area contributed by atoms with Gasteiger partial charge in [0.25, 0.3) is 5.91 Å². The molecule has 0 aromatic carbocycles. The second kappa shape index (κ2) is 2.38. The lowest BCUT2D eigenvalue weighted by atomic mass is 10.4.